The van der Waals surface area contributed by atoms with E-state index in [1.54, 1.807) is 14.2 Å². The first-order valence-corrected chi connectivity index (χ1v) is 29.2. The van der Waals surface area contributed by atoms with Gasteiger partial charge < -0.3 is 39.6 Å². The van der Waals surface area contributed by atoms with Crippen molar-refractivity contribution in [2.45, 2.75) is 141 Å². The number of fused-ring (bicyclic) bond motifs is 5. The summed E-state index contributed by atoms with van der Waals surface area (Å²) in [5.41, 5.74) is 0.373. The average molecular weight is 1100 g/mol. The fourth-order valence-corrected chi connectivity index (χ4v) is 15.4. The quantitative estimate of drug-likeness (QED) is 0.0253. The maximum absolute atomic E-state index is 13.6. The molecule has 1 aromatic heterocycles. The van der Waals surface area contributed by atoms with Gasteiger partial charge in [-0.2, -0.15) is 0 Å². The van der Waals surface area contributed by atoms with Crippen LogP contribution in [0.3, 0.4) is 0 Å². The molecule has 2 heterocycles. The molecule has 3 amide bonds. The lowest BCUT2D eigenvalue weighted by Gasteiger charge is -2.61. The summed E-state index contributed by atoms with van der Waals surface area (Å²) in [5, 5.41) is 8.26. The molecule has 4 saturated carbocycles. The highest BCUT2D eigenvalue weighted by molar-refractivity contribution is 5.91. The predicted molar refractivity (Wildman–Crippen MR) is 305 cm³/mol. The molecule has 1 aliphatic heterocycles. The first-order valence-electron chi connectivity index (χ1n) is 29.2. The Morgan fingerprint density at radius 2 is 1.45 bits per heavy atom. The first-order chi connectivity index (χ1) is 38.6. The zero-order valence-corrected chi connectivity index (χ0v) is 47.6. The van der Waals surface area contributed by atoms with Gasteiger partial charge in [0.1, 0.15) is 35.5 Å². The Labute approximate surface area is 470 Å². The van der Waals surface area contributed by atoms with Crippen LogP contribution in [0.5, 0.6) is 11.5 Å². The molecule has 1 unspecified atom stereocenters. The maximum Gasteiger partial charge on any atom is 0.330 e. The average Bonchev–Trinajstić information content (AvgIpc) is 4.24. The second-order valence-electron chi connectivity index (χ2n) is 23.8. The summed E-state index contributed by atoms with van der Waals surface area (Å²) < 4.78 is 31.9. The Morgan fingerprint density at radius 3 is 2.14 bits per heavy atom. The molecule has 0 bridgehead atoms. The number of carbonyl (C=O) groups is 4. The normalized spacial score (nSPS) is 27.5. The van der Waals surface area contributed by atoms with Crippen LogP contribution in [0.25, 0.3) is 6.08 Å². The molecule has 4 aliphatic carbocycles. The van der Waals surface area contributed by atoms with Gasteiger partial charge in [-0.1, -0.05) is 88.2 Å². The highest BCUT2D eigenvalue weighted by atomic mass is 16.6. The number of esters is 1. The molecule has 0 spiro atoms. The summed E-state index contributed by atoms with van der Waals surface area (Å²) in [4.78, 5) is 80.8. The second-order valence-corrected chi connectivity index (χ2v) is 23.8. The zero-order chi connectivity index (χ0) is 56.6. The van der Waals surface area contributed by atoms with E-state index in [0.29, 0.717) is 40.6 Å². The van der Waals surface area contributed by atoms with E-state index in [4.69, 9.17) is 23.7 Å². The molecule has 4 N–H and O–H groups in total. The Morgan fingerprint density at radius 1 is 0.775 bits per heavy atom. The van der Waals surface area contributed by atoms with Gasteiger partial charge >= 0.3 is 11.7 Å². The lowest BCUT2D eigenvalue weighted by molar-refractivity contribution is -0.156. The number of nitrogens with one attached hydrogen (secondary N) is 4. The minimum absolute atomic E-state index is 0.00642. The molecular formula is C64H83N5O11. The number of nitrogens with zero attached hydrogens (tertiary/aromatic N) is 1. The molecule has 430 valence electrons. The highest BCUT2D eigenvalue weighted by Gasteiger charge is 2.60. The first kappa shape index (κ1) is 58.1. The van der Waals surface area contributed by atoms with Crippen LogP contribution in [0, 0.1) is 46.3 Å². The molecular weight excluding hydrogens is 1010 g/mol. The molecule has 5 fully saturated rings. The van der Waals surface area contributed by atoms with Crippen molar-refractivity contribution >= 4 is 29.8 Å². The molecule has 9 rings (SSSR count). The predicted octanol–water partition coefficient (Wildman–Crippen LogP) is 9.00. The molecule has 16 nitrogen and oxygen atoms in total. The summed E-state index contributed by atoms with van der Waals surface area (Å²) in [6.45, 7) is 7.84. The van der Waals surface area contributed by atoms with Gasteiger partial charge in [0.15, 0.2) is 0 Å². The Bertz CT molecular complexity index is 2890. The van der Waals surface area contributed by atoms with Gasteiger partial charge in [-0.25, -0.2) is 4.79 Å². The number of aromatic nitrogens is 2. The monoisotopic (exact) mass is 1100 g/mol. The van der Waals surface area contributed by atoms with Gasteiger partial charge in [0.25, 0.3) is 5.56 Å². The third-order valence-electron chi connectivity index (χ3n) is 19.6. The van der Waals surface area contributed by atoms with Crippen molar-refractivity contribution in [3.8, 4) is 11.5 Å². The van der Waals surface area contributed by atoms with E-state index in [9.17, 15) is 28.8 Å². The van der Waals surface area contributed by atoms with Crippen LogP contribution in [-0.2, 0) is 39.0 Å². The van der Waals surface area contributed by atoms with Gasteiger partial charge in [-0.3, -0.25) is 33.5 Å². The van der Waals surface area contributed by atoms with E-state index in [1.807, 2.05) is 78.9 Å². The van der Waals surface area contributed by atoms with Crippen molar-refractivity contribution in [1.82, 2.24) is 25.5 Å². The smallest absolute Gasteiger partial charge is 0.330 e. The SMILES string of the molecule is CNC(=O)CCC(=O)OC1C[C@H](n2cc(/C=C/C(=O)NCCNC(=O)CC[C@@H](C)[C@H]3CC[C@H]4[C@@H]5CC[C@@H]6CCCC[C@]6(C)[C@H]5CC[C@]34C)c(=O)[nH]c2=O)O[C@@H]1COC(c1ccccc1)(c1ccc(OC)cc1)c1ccc(OC)cc1. The minimum Gasteiger partial charge on any atom is -0.497 e. The molecule has 11 atom stereocenters. The molecule has 16 heteroatoms. The van der Waals surface area contributed by atoms with Crippen LogP contribution in [0.15, 0.2) is 101 Å². The van der Waals surface area contributed by atoms with Crippen molar-refractivity contribution in [1.29, 1.82) is 0 Å². The van der Waals surface area contributed by atoms with E-state index in [1.165, 1.54) is 94.2 Å². The van der Waals surface area contributed by atoms with Crippen LogP contribution >= 0.6 is 0 Å². The number of H-pyrrole nitrogens is 1. The Kier molecular flexibility index (Phi) is 18.5. The van der Waals surface area contributed by atoms with Gasteiger partial charge in [0.2, 0.25) is 17.7 Å². The molecule has 5 aliphatic rings. The van der Waals surface area contributed by atoms with Gasteiger partial charge in [0, 0.05) is 51.7 Å². The number of rotatable bonds is 22. The van der Waals surface area contributed by atoms with Gasteiger partial charge in [-0.05, 0) is 151 Å². The number of aromatic amines is 1. The van der Waals surface area contributed by atoms with Crippen LogP contribution in [0.2, 0.25) is 0 Å². The number of ether oxygens (including phenoxy) is 5. The molecule has 3 aromatic carbocycles. The van der Waals surface area contributed by atoms with Crippen molar-refractivity contribution in [2.24, 2.45) is 46.3 Å². The number of hydrogen-bond donors (Lipinski definition) is 4. The molecule has 4 aromatic rings. The summed E-state index contributed by atoms with van der Waals surface area (Å²) >= 11 is 0. The topological polar surface area (TPSA) is 205 Å². The molecule has 0 radical (unpaired) electrons. The third kappa shape index (κ3) is 12.4. The van der Waals surface area contributed by atoms with E-state index < -0.39 is 47.2 Å². The second kappa shape index (κ2) is 25.5. The Hall–Kier alpha value is -6.52. The standard InChI is InChI=1S/C64H83N5O11/c1-41(50-27-28-51-49-26-21-43-12-10-11-34-62(43,2)52(49)33-35-63(50,51)3)15-29-56(71)66-36-37-67-57(72)30-16-42-39-69(61(75)68-60(42)74)58-38-53(80-59(73)32-31-55(70)65-4)54(79-58)40-78-64(44-13-8-7-9-14-44,45-17-22-47(76-5)23-18-45)46-19-24-48(77-6)25-20-46/h7-9,13-14,16-20,22-25,30,39,41,43,49-54,58H,10-12,15,21,26-29,31-38,40H2,1-6H3,(H,65,70)(H,66,71)(H,67,72)(H,68,74,75)/b30-16+/t41-,43+,49+,50-,51+,52+,53?,54-,58-,62+,63-/m1/s1. The van der Waals surface area contributed by atoms with E-state index in [2.05, 4.69) is 41.7 Å². The number of amides is 3. The van der Waals surface area contributed by atoms with Crippen molar-refractivity contribution in [3.63, 3.8) is 0 Å². The van der Waals surface area contributed by atoms with E-state index in [0.717, 1.165) is 46.8 Å². The number of carbonyl (C=O) groups excluding carboxylic acids is 4. The van der Waals surface area contributed by atoms with Crippen LogP contribution in [0.1, 0.15) is 146 Å². The van der Waals surface area contributed by atoms with Crippen LogP contribution in [0.4, 0.5) is 0 Å². The maximum atomic E-state index is 13.6. The summed E-state index contributed by atoms with van der Waals surface area (Å²) in [6.07, 6.45) is 15.5. The Balaban J connectivity index is 0.825. The molecule has 1 saturated heterocycles. The summed E-state index contributed by atoms with van der Waals surface area (Å²) in [7, 11) is 4.66. The summed E-state index contributed by atoms with van der Waals surface area (Å²) in [6, 6.07) is 24.6. The van der Waals surface area contributed by atoms with Crippen LogP contribution in [-0.4, -0.2) is 86.4 Å². The number of hydrogen-bond acceptors (Lipinski definition) is 11. The largest absolute Gasteiger partial charge is 0.497 e. The van der Waals surface area contributed by atoms with E-state index >= 15 is 0 Å². The number of benzene rings is 3. The van der Waals surface area contributed by atoms with Crippen molar-refractivity contribution in [3.05, 3.63) is 134 Å². The van der Waals surface area contributed by atoms with Gasteiger partial charge in [-0.15, -0.1) is 0 Å². The van der Waals surface area contributed by atoms with Gasteiger partial charge in [0.05, 0.1) is 32.8 Å². The van der Waals surface area contributed by atoms with E-state index in [-0.39, 0.29) is 56.3 Å². The fraction of sp³-hybridized carbons (Fsp3) is 0.562. The third-order valence-corrected chi connectivity index (χ3v) is 19.6. The lowest BCUT2D eigenvalue weighted by Crippen LogP contribution is -2.53. The molecule has 80 heavy (non-hydrogen) atoms. The fourth-order valence-electron chi connectivity index (χ4n) is 15.4. The zero-order valence-electron chi connectivity index (χ0n) is 47.6. The van der Waals surface area contributed by atoms with Crippen LogP contribution < -0.4 is 36.7 Å². The van der Waals surface area contributed by atoms with Crippen molar-refractivity contribution in [2.75, 3.05) is 41.0 Å². The lowest BCUT2D eigenvalue weighted by atomic mass is 9.44. The summed E-state index contributed by atoms with van der Waals surface area (Å²) in [5.74, 6) is 4.32. The highest BCUT2D eigenvalue weighted by Crippen LogP contribution is 2.68. The van der Waals surface area contributed by atoms with Crippen molar-refractivity contribution < 1.29 is 42.9 Å². The minimum atomic E-state index is -1.27. The number of methoxy groups -OCH3 is 2.